The van der Waals surface area contributed by atoms with Gasteiger partial charge in [-0.1, -0.05) is 106 Å². The standard InChI is InChI=1S/C27H38N2O2/c1-3-4-5-6-7-8-15-20-26(30)29-25(21-23-16-11-9-12-17-23)27(31)28-22(2)24-18-13-10-14-19-24/h9-14,16-19,22,25H,3-8,15,20-21H2,1-2H3,(H,28,31)(H,29,30). The van der Waals surface area contributed by atoms with Gasteiger partial charge in [0, 0.05) is 12.8 Å². The van der Waals surface area contributed by atoms with Gasteiger partial charge in [0.25, 0.3) is 0 Å². The van der Waals surface area contributed by atoms with Crippen LogP contribution in [-0.2, 0) is 16.0 Å². The summed E-state index contributed by atoms with van der Waals surface area (Å²) in [7, 11) is 0. The molecule has 0 radical (unpaired) electrons. The molecule has 0 aromatic heterocycles. The van der Waals surface area contributed by atoms with Gasteiger partial charge in [0.15, 0.2) is 0 Å². The second kappa shape index (κ2) is 14.4. The number of amides is 2. The highest BCUT2D eigenvalue weighted by molar-refractivity contribution is 5.88. The van der Waals surface area contributed by atoms with E-state index < -0.39 is 6.04 Å². The fourth-order valence-corrected chi connectivity index (χ4v) is 3.71. The van der Waals surface area contributed by atoms with Crippen LogP contribution in [0, 0.1) is 0 Å². The quantitative estimate of drug-likeness (QED) is 0.382. The van der Waals surface area contributed by atoms with Crippen molar-refractivity contribution in [3.8, 4) is 0 Å². The molecule has 2 amide bonds. The lowest BCUT2D eigenvalue weighted by Gasteiger charge is -2.22. The van der Waals surface area contributed by atoms with Gasteiger partial charge in [0.1, 0.15) is 6.04 Å². The van der Waals surface area contributed by atoms with Crippen LogP contribution in [0.1, 0.15) is 82.4 Å². The average Bonchev–Trinajstić information content (AvgIpc) is 2.79. The van der Waals surface area contributed by atoms with Crippen LogP contribution < -0.4 is 10.6 Å². The van der Waals surface area contributed by atoms with E-state index in [2.05, 4.69) is 17.6 Å². The molecule has 2 aromatic carbocycles. The van der Waals surface area contributed by atoms with Gasteiger partial charge in [-0.15, -0.1) is 0 Å². The first-order valence-electron chi connectivity index (χ1n) is 11.8. The smallest absolute Gasteiger partial charge is 0.243 e. The van der Waals surface area contributed by atoms with E-state index in [0.29, 0.717) is 12.8 Å². The fourth-order valence-electron chi connectivity index (χ4n) is 3.71. The lowest BCUT2D eigenvalue weighted by Crippen LogP contribution is -2.48. The van der Waals surface area contributed by atoms with Crippen molar-refractivity contribution in [1.29, 1.82) is 0 Å². The van der Waals surface area contributed by atoms with Gasteiger partial charge in [-0.3, -0.25) is 9.59 Å². The summed E-state index contributed by atoms with van der Waals surface area (Å²) in [6.07, 6.45) is 9.13. The van der Waals surface area contributed by atoms with Crippen LogP contribution in [0.2, 0.25) is 0 Å². The Kier molecular flexibility index (Phi) is 11.4. The third-order valence-corrected chi connectivity index (χ3v) is 5.60. The van der Waals surface area contributed by atoms with Gasteiger partial charge in [0.2, 0.25) is 11.8 Å². The average molecular weight is 423 g/mol. The summed E-state index contributed by atoms with van der Waals surface area (Å²) >= 11 is 0. The molecule has 0 heterocycles. The number of rotatable bonds is 14. The Labute approximate surface area is 187 Å². The predicted molar refractivity (Wildman–Crippen MR) is 128 cm³/mol. The number of carbonyl (C=O) groups is 2. The first-order chi connectivity index (χ1) is 15.1. The van der Waals surface area contributed by atoms with Crippen LogP contribution in [0.15, 0.2) is 60.7 Å². The minimum absolute atomic E-state index is 0.0444. The van der Waals surface area contributed by atoms with Crippen molar-refractivity contribution in [1.82, 2.24) is 10.6 Å². The molecular weight excluding hydrogens is 384 g/mol. The van der Waals surface area contributed by atoms with E-state index in [4.69, 9.17) is 0 Å². The molecule has 2 N–H and O–H groups in total. The molecule has 2 atom stereocenters. The van der Waals surface area contributed by atoms with E-state index in [1.54, 1.807) is 0 Å². The molecule has 0 aliphatic rings. The van der Waals surface area contributed by atoms with Gasteiger partial charge < -0.3 is 10.6 Å². The number of hydrogen-bond acceptors (Lipinski definition) is 2. The number of benzene rings is 2. The second-order valence-electron chi connectivity index (χ2n) is 8.32. The molecule has 4 nitrogen and oxygen atoms in total. The van der Waals surface area contributed by atoms with E-state index in [1.807, 2.05) is 67.6 Å². The first-order valence-corrected chi connectivity index (χ1v) is 11.8. The monoisotopic (exact) mass is 422 g/mol. The Morgan fingerprint density at radius 2 is 1.35 bits per heavy atom. The molecule has 0 aliphatic heterocycles. The maximum atomic E-state index is 13.0. The zero-order valence-corrected chi connectivity index (χ0v) is 19.1. The van der Waals surface area contributed by atoms with Crippen LogP contribution in [0.5, 0.6) is 0 Å². The first kappa shape index (κ1) is 24.6. The highest BCUT2D eigenvalue weighted by Crippen LogP contribution is 2.13. The minimum Gasteiger partial charge on any atom is -0.348 e. The van der Waals surface area contributed by atoms with E-state index in [0.717, 1.165) is 24.0 Å². The zero-order chi connectivity index (χ0) is 22.3. The maximum absolute atomic E-state index is 13.0. The molecule has 168 valence electrons. The lowest BCUT2D eigenvalue weighted by molar-refractivity contribution is -0.129. The topological polar surface area (TPSA) is 58.2 Å². The molecule has 0 spiro atoms. The van der Waals surface area contributed by atoms with Crippen LogP contribution in [0.4, 0.5) is 0 Å². The predicted octanol–water partition coefficient (Wildman–Crippen LogP) is 5.73. The molecule has 0 fully saturated rings. The van der Waals surface area contributed by atoms with Gasteiger partial charge in [-0.25, -0.2) is 0 Å². The normalized spacial score (nSPS) is 12.7. The van der Waals surface area contributed by atoms with Crippen molar-refractivity contribution in [3.05, 3.63) is 71.8 Å². The summed E-state index contributed by atoms with van der Waals surface area (Å²) in [4.78, 5) is 25.6. The third kappa shape index (κ3) is 9.82. The largest absolute Gasteiger partial charge is 0.348 e. The van der Waals surface area contributed by atoms with Gasteiger partial charge in [-0.2, -0.15) is 0 Å². The van der Waals surface area contributed by atoms with Gasteiger partial charge in [0.05, 0.1) is 6.04 Å². The molecule has 31 heavy (non-hydrogen) atoms. The van der Waals surface area contributed by atoms with Gasteiger partial charge >= 0.3 is 0 Å². The molecule has 2 unspecified atom stereocenters. The second-order valence-corrected chi connectivity index (χ2v) is 8.32. The molecule has 2 aromatic rings. The highest BCUT2D eigenvalue weighted by atomic mass is 16.2. The Bertz CT molecular complexity index is 761. The zero-order valence-electron chi connectivity index (χ0n) is 19.1. The lowest BCUT2D eigenvalue weighted by atomic mass is 10.0. The number of nitrogens with one attached hydrogen (secondary N) is 2. The Morgan fingerprint density at radius 1 is 0.774 bits per heavy atom. The summed E-state index contributed by atoms with van der Waals surface area (Å²) in [6.45, 7) is 4.18. The molecule has 0 saturated heterocycles. The summed E-state index contributed by atoms with van der Waals surface area (Å²) in [5.74, 6) is -0.190. The Hall–Kier alpha value is -2.62. The third-order valence-electron chi connectivity index (χ3n) is 5.60. The van der Waals surface area contributed by atoms with Crippen molar-refractivity contribution in [2.75, 3.05) is 0 Å². The van der Waals surface area contributed by atoms with Crippen LogP contribution in [-0.4, -0.2) is 17.9 Å². The Balaban J connectivity index is 1.88. The Morgan fingerprint density at radius 3 is 2.00 bits per heavy atom. The fraction of sp³-hybridized carbons (Fsp3) is 0.481. The van der Waals surface area contributed by atoms with Crippen LogP contribution in [0.3, 0.4) is 0 Å². The molecule has 0 bridgehead atoms. The van der Waals surface area contributed by atoms with Crippen molar-refractivity contribution >= 4 is 11.8 Å². The molecule has 0 saturated carbocycles. The molecule has 4 heteroatoms. The summed E-state index contributed by atoms with van der Waals surface area (Å²) in [5, 5.41) is 6.05. The SMILES string of the molecule is CCCCCCCCCC(=O)NC(Cc1ccccc1)C(=O)NC(C)c1ccccc1. The van der Waals surface area contributed by atoms with E-state index >= 15 is 0 Å². The summed E-state index contributed by atoms with van der Waals surface area (Å²) in [6, 6.07) is 19.0. The number of hydrogen-bond donors (Lipinski definition) is 2. The summed E-state index contributed by atoms with van der Waals surface area (Å²) in [5.41, 5.74) is 2.08. The number of unbranched alkanes of at least 4 members (excludes halogenated alkanes) is 6. The molecule has 2 rings (SSSR count). The highest BCUT2D eigenvalue weighted by Gasteiger charge is 2.22. The molecule has 0 aliphatic carbocycles. The number of carbonyl (C=O) groups excluding carboxylic acids is 2. The van der Waals surface area contributed by atoms with Crippen LogP contribution in [0.25, 0.3) is 0 Å². The van der Waals surface area contributed by atoms with Crippen molar-refractivity contribution in [2.45, 2.75) is 83.7 Å². The van der Waals surface area contributed by atoms with Crippen LogP contribution >= 0.6 is 0 Å². The van der Waals surface area contributed by atoms with E-state index in [-0.39, 0.29) is 17.9 Å². The van der Waals surface area contributed by atoms with E-state index in [9.17, 15) is 9.59 Å². The molecular formula is C27H38N2O2. The maximum Gasteiger partial charge on any atom is 0.243 e. The van der Waals surface area contributed by atoms with Gasteiger partial charge in [-0.05, 0) is 24.5 Å². The van der Waals surface area contributed by atoms with E-state index in [1.165, 1.54) is 32.1 Å². The van der Waals surface area contributed by atoms with Crippen molar-refractivity contribution in [2.24, 2.45) is 0 Å². The van der Waals surface area contributed by atoms with Crippen molar-refractivity contribution < 1.29 is 9.59 Å². The minimum atomic E-state index is -0.578. The summed E-state index contributed by atoms with van der Waals surface area (Å²) < 4.78 is 0. The van der Waals surface area contributed by atoms with Crippen molar-refractivity contribution in [3.63, 3.8) is 0 Å².